The molecule has 1 aliphatic rings. The van der Waals surface area contributed by atoms with E-state index in [0.717, 1.165) is 24.7 Å². The zero-order chi connectivity index (χ0) is 14.6. The molecule has 1 aromatic heterocycles. The van der Waals surface area contributed by atoms with Crippen LogP contribution in [0.3, 0.4) is 0 Å². The molecule has 0 amide bonds. The Hall–Kier alpha value is -0.930. The number of rotatable bonds is 4. The molecule has 112 valence electrons. The van der Waals surface area contributed by atoms with E-state index in [1.807, 2.05) is 7.05 Å². The maximum absolute atomic E-state index is 4.72. The first-order valence-corrected chi connectivity index (χ1v) is 7.81. The molecule has 2 rings (SSSR count). The molecule has 1 aromatic rings. The molecule has 3 heteroatoms. The van der Waals surface area contributed by atoms with Crippen LogP contribution in [0.25, 0.3) is 0 Å². The quantitative estimate of drug-likeness (QED) is 0.915. The van der Waals surface area contributed by atoms with E-state index >= 15 is 0 Å². The molecule has 0 saturated carbocycles. The summed E-state index contributed by atoms with van der Waals surface area (Å²) in [5.41, 5.74) is 2.79. The molecular weight excluding hydrogens is 246 g/mol. The van der Waals surface area contributed by atoms with Crippen LogP contribution >= 0.6 is 0 Å². The lowest BCUT2D eigenvalue weighted by atomic mass is 9.75. The van der Waals surface area contributed by atoms with Gasteiger partial charge in [0.25, 0.3) is 0 Å². The molecular formula is C17H29N3. The highest BCUT2D eigenvalue weighted by Gasteiger charge is 2.28. The van der Waals surface area contributed by atoms with E-state index < -0.39 is 0 Å². The van der Waals surface area contributed by atoms with E-state index in [2.05, 4.69) is 49.2 Å². The monoisotopic (exact) mass is 275 g/mol. The zero-order valence-electron chi connectivity index (χ0n) is 13.4. The maximum Gasteiger partial charge on any atom is 0.0547 e. The average Bonchev–Trinajstić information content (AvgIpc) is 2.39. The minimum absolute atomic E-state index is 0.455. The number of pyridine rings is 1. The Morgan fingerprint density at radius 2 is 1.85 bits per heavy atom. The van der Waals surface area contributed by atoms with Crippen LogP contribution in [0.15, 0.2) is 18.2 Å². The topological polar surface area (TPSA) is 28.2 Å². The summed E-state index contributed by atoms with van der Waals surface area (Å²) >= 11 is 0. The van der Waals surface area contributed by atoms with Gasteiger partial charge in [-0.3, -0.25) is 9.88 Å². The first-order chi connectivity index (χ1) is 9.49. The number of hydrogen-bond donors (Lipinski definition) is 1. The van der Waals surface area contributed by atoms with E-state index in [9.17, 15) is 0 Å². The van der Waals surface area contributed by atoms with E-state index in [4.69, 9.17) is 4.98 Å². The van der Waals surface area contributed by atoms with Gasteiger partial charge in [-0.1, -0.05) is 26.8 Å². The molecule has 0 aliphatic carbocycles. The second-order valence-corrected chi connectivity index (χ2v) is 7.07. The highest BCUT2D eigenvalue weighted by Crippen LogP contribution is 2.34. The fourth-order valence-electron chi connectivity index (χ4n) is 3.08. The van der Waals surface area contributed by atoms with Crippen LogP contribution in [0, 0.1) is 11.3 Å². The van der Waals surface area contributed by atoms with Gasteiger partial charge in [-0.15, -0.1) is 0 Å². The van der Waals surface area contributed by atoms with Gasteiger partial charge < -0.3 is 5.32 Å². The normalized spacial score (nSPS) is 18.4. The van der Waals surface area contributed by atoms with E-state index in [1.54, 1.807) is 0 Å². The lowest BCUT2D eigenvalue weighted by molar-refractivity contribution is 0.107. The lowest BCUT2D eigenvalue weighted by Crippen LogP contribution is -2.37. The summed E-state index contributed by atoms with van der Waals surface area (Å²) in [6.45, 7) is 11.4. The van der Waals surface area contributed by atoms with Crippen molar-refractivity contribution in [2.75, 3.05) is 20.1 Å². The van der Waals surface area contributed by atoms with Crippen LogP contribution in [-0.4, -0.2) is 30.0 Å². The molecule has 1 aliphatic heterocycles. The molecule has 20 heavy (non-hydrogen) atoms. The SMILES string of the molecule is CNCc1cccc(CN2CCC(C(C)(C)C)CC2)n1. The van der Waals surface area contributed by atoms with Crippen molar-refractivity contribution in [3.63, 3.8) is 0 Å². The molecule has 2 heterocycles. The number of nitrogens with zero attached hydrogens (tertiary/aromatic N) is 2. The Kier molecular flexibility index (Phi) is 5.17. The largest absolute Gasteiger partial charge is 0.314 e. The summed E-state index contributed by atoms with van der Waals surface area (Å²) in [6.07, 6.45) is 2.64. The predicted octanol–water partition coefficient (Wildman–Crippen LogP) is 3.06. The number of aromatic nitrogens is 1. The molecule has 3 nitrogen and oxygen atoms in total. The Labute approximate surface area is 123 Å². The fourth-order valence-corrected chi connectivity index (χ4v) is 3.08. The molecule has 0 bridgehead atoms. The molecule has 1 fully saturated rings. The van der Waals surface area contributed by atoms with Crippen molar-refractivity contribution in [2.45, 2.75) is 46.7 Å². The van der Waals surface area contributed by atoms with Crippen molar-refractivity contribution in [2.24, 2.45) is 11.3 Å². The minimum Gasteiger partial charge on any atom is -0.314 e. The van der Waals surface area contributed by atoms with Crippen molar-refractivity contribution in [3.05, 3.63) is 29.6 Å². The van der Waals surface area contributed by atoms with Gasteiger partial charge in [-0.25, -0.2) is 0 Å². The van der Waals surface area contributed by atoms with Crippen LogP contribution in [0.4, 0.5) is 0 Å². The fraction of sp³-hybridized carbons (Fsp3) is 0.706. The second kappa shape index (κ2) is 6.68. The standard InChI is InChI=1S/C17H29N3/c1-17(2,3)14-8-10-20(11-9-14)13-16-7-5-6-15(19-16)12-18-4/h5-7,14,18H,8-13H2,1-4H3. The van der Waals surface area contributed by atoms with Gasteiger partial charge in [0, 0.05) is 13.1 Å². The van der Waals surface area contributed by atoms with Crippen molar-refractivity contribution in [1.29, 1.82) is 0 Å². The summed E-state index contributed by atoms with van der Waals surface area (Å²) in [7, 11) is 1.96. The van der Waals surface area contributed by atoms with Gasteiger partial charge in [-0.05, 0) is 56.4 Å². The van der Waals surface area contributed by atoms with Gasteiger partial charge in [0.1, 0.15) is 0 Å². The van der Waals surface area contributed by atoms with E-state index in [1.165, 1.54) is 31.6 Å². The number of piperidine rings is 1. The summed E-state index contributed by atoms with van der Waals surface area (Å²) in [5, 5.41) is 3.16. The highest BCUT2D eigenvalue weighted by atomic mass is 15.1. The summed E-state index contributed by atoms with van der Waals surface area (Å²) in [4.78, 5) is 7.27. The van der Waals surface area contributed by atoms with Gasteiger partial charge >= 0.3 is 0 Å². The minimum atomic E-state index is 0.455. The van der Waals surface area contributed by atoms with Gasteiger partial charge in [-0.2, -0.15) is 0 Å². The number of hydrogen-bond acceptors (Lipinski definition) is 3. The second-order valence-electron chi connectivity index (χ2n) is 7.07. The maximum atomic E-state index is 4.72. The summed E-state index contributed by atoms with van der Waals surface area (Å²) in [5.74, 6) is 0.863. The third-order valence-electron chi connectivity index (χ3n) is 4.42. The molecule has 0 atom stereocenters. The Morgan fingerprint density at radius 1 is 1.20 bits per heavy atom. The van der Waals surface area contributed by atoms with Gasteiger partial charge in [0.15, 0.2) is 0 Å². The third-order valence-corrected chi connectivity index (χ3v) is 4.42. The number of likely N-dealkylation sites (tertiary alicyclic amines) is 1. The zero-order valence-corrected chi connectivity index (χ0v) is 13.4. The molecule has 0 spiro atoms. The van der Waals surface area contributed by atoms with Crippen molar-refractivity contribution in [1.82, 2.24) is 15.2 Å². The number of nitrogens with one attached hydrogen (secondary N) is 1. The van der Waals surface area contributed by atoms with Crippen LogP contribution in [-0.2, 0) is 13.1 Å². The van der Waals surface area contributed by atoms with Crippen LogP contribution in [0.2, 0.25) is 0 Å². The summed E-state index contributed by atoms with van der Waals surface area (Å²) in [6, 6.07) is 6.36. The Morgan fingerprint density at radius 3 is 2.45 bits per heavy atom. The molecule has 1 N–H and O–H groups in total. The summed E-state index contributed by atoms with van der Waals surface area (Å²) < 4.78 is 0. The van der Waals surface area contributed by atoms with Crippen LogP contribution in [0.1, 0.15) is 45.0 Å². The first-order valence-electron chi connectivity index (χ1n) is 7.81. The van der Waals surface area contributed by atoms with Gasteiger partial charge in [0.2, 0.25) is 0 Å². The molecule has 1 saturated heterocycles. The Bertz CT molecular complexity index is 414. The van der Waals surface area contributed by atoms with Crippen molar-refractivity contribution < 1.29 is 0 Å². The van der Waals surface area contributed by atoms with E-state index in [-0.39, 0.29) is 0 Å². The van der Waals surface area contributed by atoms with E-state index in [0.29, 0.717) is 5.41 Å². The highest BCUT2D eigenvalue weighted by molar-refractivity contribution is 5.11. The van der Waals surface area contributed by atoms with Gasteiger partial charge in [0.05, 0.1) is 11.4 Å². The van der Waals surface area contributed by atoms with Crippen molar-refractivity contribution in [3.8, 4) is 0 Å². The third kappa shape index (κ3) is 4.29. The molecule has 0 unspecified atom stereocenters. The van der Waals surface area contributed by atoms with Crippen LogP contribution < -0.4 is 5.32 Å². The smallest absolute Gasteiger partial charge is 0.0547 e. The average molecular weight is 275 g/mol. The molecule has 0 aromatic carbocycles. The predicted molar refractivity (Wildman–Crippen MR) is 84.5 cm³/mol. The Balaban J connectivity index is 1.88. The van der Waals surface area contributed by atoms with Crippen LogP contribution in [0.5, 0.6) is 0 Å². The first kappa shape index (κ1) is 15.5. The van der Waals surface area contributed by atoms with Crippen molar-refractivity contribution >= 4 is 0 Å². The molecule has 0 radical (unpaired) electrons. The lowest BCUT2D eigenvalue weighted by Gasteiger charge is -2.38.